The van der Waals surface area contributed by atoms with Crippen LogP contribution in [0.25, 0.3) is 11.3 Å². The molecule has 8 nitrogen and oxygen atoms in total. The normalized spacial score (nSPS) is 21.8. The summed E-state index contributed by atoms with van der Waals surface area (Å²) < 4.78 is 1.59. The number of halogens is 1. The Morgan fingerprint density at radius 3 is 2.71 bits per heavy atom. The van der Waals surface area contributed by atoms with Crippen LogP contribution < -0.4 is 21.3 Å². The molecule has 0 saturated carbocycles. The number of hydrogen-bond donors (Lipinski definition) is 4. The minimum atomic E-state index is -0.564. The smallest absolute Gasteiger partial charge is 0.320 e. The van der Waals surface area contributed by atoms with Gasteiger partial charge in [-0.05, 0) is 13.3 Å². The first-order chi connectivity index (χ1) is 13.5. The number of urea groups is 1. The number of amides is 3. The predicted molar refractivity (Wildman–Crippen MR) is 109 cm³/mol. The Bertz CT molecular complexity index is 825. The first-order valence-electron chi connectivity index (χ1n) is 9.35. The second-order valence-electron chi connectivity index (χ2n) is 6.68. The van der Waals surface area contributed by atoms with E-state index in [2.05, 4.69) is 26.4 Å². The largest absolute Gasteiger partial charge is 0.337 e. The average molecular weight is 405 g/mol. The lowest BCUT2D eigenvalue weighted by molar-refractivity contribution is -0.130. The van der Waals surface area contributed by atoms with Gasteiger partial charge in [0.05, 0.1) is 11.6 Å². The lowest BCUT2D eigenvalue weighted by Crippen LogP contribution is -2.57. The number of nitrogens with zero attached hydrogens (tertiary/aromatic N) is 2. The van der Waals surface area contributed by atoms with Crippen LogP contribution in [0, 0.1) is 5.92 Å². The summed E-state index contributed by atoms with van der Waals surface area (Å²) in [4.78, 5) is 24.6. The average Bonchev–Trinajstić information content (AvgIpc) is 3.10. The molecule has 0 spiro atoms. The summed E-state index contributed by atoms with van der Waals surface area (Å²) in [6.07, 6.45) is 0.179. The van der Waals surface area contributed by atoms with Crippen molar-refractivity contribution in [1.82, 2.24) is 25.7 Å². The number of hydrogen-bond acceptors (Lipinski definition) is 4. The van der Waals surface area contributed by atoms with Crippen molar-refractivity contribution in [2.24, 2.45) is 5.92 Å². The SMILES string of the molecule is CCC1C(=O)NC(n2nc(-c3ccccc3)cc2NC(=O)NCCCl)NC1C. The third-order valence-corrected chi connectivity index (χ3v) is 4.94. The molecule has 28 heavy (non-hydrogen) atoms. The molecule has 1 fully saturated rings. The van der Waals surface area contributed by atoms with Gasteiger partial charge in [0.1, 0.15) is 5.82 Å². The van der Waals surface area contributed by atoms with E-state index >= 15 is 0 Å². The van der Waals surface area contributed by atoms with Crippen molar-refractivity contribution in [1.29, 1.82) is 0 Å². The molecular weight excluding hydrogens is 380 g/mol. The van der Waals surface area contributed by atoms with Crippen molar-refractivity contribution >= 4 is 29.4 Å². The minimum absolute atomic E-state index is 0.0222. The number of alkyl halides is 1. The maximum absolute atomic E-state index is 12.5. The first kappa shape index (κ1) is 20.2. The molecule has 1 aromatic carbocycles. The third kappa shape index (κ3) is 4.45. The Morgan fingerprint density at radius 1 is 1.32 bits per heavy atom. The second kappa shape index (κ2) is 9.07. The Hall–Kier alpha value is -2.58. The van der Waals surface area contributed by atoms with E-state index in [1.165, 1.54) is 0 Å². The zero-order valence-electron chi connectivity index (χ0n) is 15.9. The summed E-state index contributed by atoms with van der Waals surface area (Å²) in [6.45, 7) is 4.31. The third-order valence-electron chi connectivity index (χ3n) is 4.75. The highest BCUT2D eigenvalue weighted by Gasteiger charge is 2.34. The number of anilines is 1. The topological polar surface area (TPSA) is 100 Å². The lowest BCUT2D eigenvalue weighted by atomic mass is 9.95. The van der Waals surface area contributed by atoms with Crippen LogP contribution in [-0.2, 0) is 4.79 Å². The standard InChI is InChI=1S/C19H25ClN6O2/c1-3-14-12(2)22-18(24-17(14)27)26-16(23-19(28)21-10-9-20)11-15(25-26)13-7-5-4-6-8-13/h4-8,11-12,14,18,22H,3,9-10H2,1-2H3,(H,24,27)(H2,21,23,28). The molecule has 4 N–H and O–H groups in total. The molecule has 0 bridgehead atoms. The predicted octanol–water partition coefficient (Wildman–Crippen LogP) is 2.50. The Kier molecular flexibility index (Phi) is 6.53. The number of carbonyl (C=O) groups excluding carboxylic acids is 2. The molecule has 150 valence electrons. The van der Waals surface area contributed by atoms with Gasteiger partial charge in [-0.15, -0.1) is 11.6 Å². The molecule has 3 amide bonds. The van der Waals surface area contributed by atoms with Gasteiger partial charge in [0.25, 0.3) is 0 Å². The Morgan fingerprint density at radius 2 is 2.07 bits per heavy atom. The Labute approximate surface area is 169 Å². The van der Waals surface area contributed by atoms with E-state index in [9.17, 15) is 9.59 Å². The van der Waals surface area contributed by atoms with Crippen molar-refractivity contribution in [2.75, 3.05) is 17.7 Å². The lowest BCUT2D eigenvalue weighted by Gasteiger charge is -2.35. The molecule has 2 aromatic rings. The van der Waals surface area contributed by atoms with Crippen molar-refractivity contribution in [2.45, 2.75) is 32.6 Å². The van der Waals surface area contributed by atoms with Gasteiger partial charge in [-0.2, -0.15) is 5.10 Å². The second-order valence-corrected chi connectivity index (χ2v) is 7.05. The van der Waals surface area contributed by atoms with Crippen molar-refractivity contribution in [3.63, 3.8) is 0 Å². The van der Waals surface area contributed by atoms with Crippen LogP contribution in [0.4, 0.5) is 10.6 Å². The van der Waals surface area contributed by atoms with Gasteiger partial charge in [-0.3, -0.25) is 15.4 Å². The quantitative estimate of drug-likeness (QED) is 0.556. The molecular formula is C19H25ClN6O2. The molecule has 3 rings (SSSR count). The van der Waals surface area contributed by atoms with E-state index in [-0.39, 0.29) is 23.9 Å². The van der Waals surface area contributed by atoms with E-state index in [1.54, 1.807) is 10.7 Å². The van der Waals surface area contributed by atoms with Crippen LogP contribution in [0.5, 0.6) is 0 Å². The van der Waals surface area contributed by atoms with Crippen LogP contribution in [0.2, 0.25) is 0 Å². The fourth-order valence-electron chi connectivity index (χ4n) is 3.30. The molecule has 1 aromatic heterocycles. The minimum Gasteiger partial charge on any atom is -0.337 e. The molecule has 2 heterocycles. The van der Waals surface area contributed by atoms with E-state index in [0.717, 1.165) is 12.0 Å². The fraction of sp³-hybridized carbons (Fsp3) is 0.421. The van der Waals surface area contributed by atoms with Gasteiger partial charge in [0, 0.05) is 30.1 Å². The van der Waals surface area contributed by atoms with Gasteiger partial charge in [0.15, 0.2) is 6.29 Å². The van der Waals surface area contributed by atoms with E-state index in [1.807, 2.05) is 44.2 Å². The fourth-order valence-corrected chi connectivity index (χ4v) is 3.40. The number of nitrogens with one attached hydrogen (secondary N) is 4. The van der Waals surface area contributed by atoms with Gasteiger partial charge in [-0.1, -0.05) is 37.3 Å². The number of carbonyl (C=O) groups is 2. The molecule has 3 unspecified atom stereocenters. The van der Waals surface area contributed by atoms with Crippen LogP contribution >= 0.6 is 11.6 Å². The van der Waals surface area contributed by atoms with Crippen molar-refractivity contribution in [3.05, 3.63) is 36.4 Å². The number of aromatic nitrogens is 2. The molecule has 1 aliphatic rings. The van der Waals surface area contributed by atoms with E-state index in [4.69, 9.17) is 11.6 Å². The summed E-state index contributed by atoms with van der Waals surface area (Å²) in [5, 5.41) is 16.4. The van der Waals surface area contributed by atoms with E-state index < -0.39 is 6.29 Å². The summed E-state index contributed by atoms with van der Waals surface area (Å²) in [6, 6.07) is 11.0. The zero-order valence-corrected chi connectivity index (χ0v) is 16.7. The molecule has 9 heteroatoms. The van der Waals surface area contributed by atoms with Crippen molar-refractivity contribution < 1.29 is 9.59 Å². The van der Waals surface area contributed by atoms with Gasteiger partial charge < -0.3 is 10.6 Å². The zero-order chi connectivity index (χ0) is 20.1. The van der Waals surface area contributed by atoms with E-state index in [0.29, 0.717) is 23.9 Å². The first-order valence-corrected chi connectivity index (χ1v) is 9.89. The van der Waals surface area contributed by atoms with Crippen LogP contribution in [0.1, 0.15) is 26.6 Å². The monoisotopic (exact) mass is 404 g/mol. The summed E-state index contributed by atoms with van der Waals surface area (Å²) in [7, 11) is 0. The highest BCUT2D eigenvalue weighted by atomic mass is 35.5. The highest BCUT2D eigenvalue weighted by Crippen LogP contribution is 2.25. The molecule has 0 aliphatic carbocycles. The number of rotatable bonds is 6. The molecule has 1 saturated heterocycles. The van der Waals surface area contributed by atoms with Gasteiger partial charge >= 0.3 is 6.03 Å². The summed E-state index contributed by atoms with van der Waals surface area (Å²) >= 11 is 5.63. The Balaban J connectivity index is 1.90. The maximum atomic E-state index is 12.5. The summed E-state index contributed by atoms with van der Waals surface area (Å²) in [5.74, 6) is 0.640. The molecule has 3 atom stereocenters. The van der Waals surface area contributed by atoms with Crippen LogP contribution in [0.15, 0.2) is 36.4 Å². The summed E-state index contributed by atoms with van der Waals surface area (Å²) in [5.41, 5.74) is 1.60. The van der Waals surface area contributed by atoms with Crippen molar-refractivity contribution in [3.8, 4) is 11.3 Å². The van der Waals surface area contributed by atoms with Gasteiger partial charge in [0.2, 0.25) is 5.91 Å². The molecule has 1 aliphatic heterocycles. The number of benzene rings is 1. The van der Waals surface area contributed by atoms with Gasteiger partial charge in [-0.25, -0.2) is 9.48 Å². The highest BCUT2D eigenvalue weighted by molar-refractivity contribution is 6.18. The van der Waals surface area contributed by atoms with Crippen LogP contribution in [0.3, 0.4) is 0 Å². The maximum Gasteiger partial charge on any atom is 0.320 e. The van der Waals surface area contributed by atoms with Crippen LogP contribution in [-0.4, -0.2) is 40.2 Å². The molecule has 0 radical (unpaired) electrons.